The molecule has 3 rings (SSSR count). The monoisotopic (exact) mass is 352 g/mol. The molecule has 0 saturated carbocycles. The maximum atomic E-state index is 13.7. The first-order chi connectivity index (χ1) is 12.6. The number of hydrogen-bond donors (Lipinski definition) is 0. The molecule has 26 heavy (non-hydrogen) atoms. The summed E-state index contributed by atoms with van der Waals surface area (Å²) in [5.41, 5.74) is 2.29. The summed E-state index contributed by atoms with van der Waals surface area (Å²) in [4.78, 5) is 16.0. The van der Waals surface area contributed by atoms with Crippen LogP contribution in [0.1, 0.15) is 29.5 Å². The average Bonchev–Trinajstić information content (AvgIpc) is 3.17. The van der Waals surface area contributed by atoms with E-state index in [1.54, 1.807) is 36.4 Å². The van der Waals surface area contributed by atoms with Gasteiger partial charge in [0.1, 0.15) is 30.3 Å². The van der Waals surface area contributed by atoms with E-state index in [-0.39, 0.29) is 18.4 Å². The number of esters is 1. The lowest BCUT2D eigenvalue weighted by Crippen LogP contribution is -2.16. The van der Waals surface area contributed by atoms with E-state index in [4.69, 9.17) is 9.47 Å². The summed E-state index contributed by atoms with van der Waals surface area (Å²) in [6.45, 7) is 0.0338. The number of methoxy groups -OCH3 is 1. The second kappa shape index (κ2) is 7.79. The van der Waals surface area contributed by atoms with Gasteiger partial charge in [0.25, 0.3) is 0 Å². The van der Waals surface area contributed by atoms with Crippen molar-refractivity contribution in [1.82, 2.24) is 0 Å². The van der Waals surface area contributed by atoms with Gasteiger partial charge < -0.3 is 9.47 Å². The summed E-state index contributed by atoms with van der Waals surface area (Å²) in [6, 6.07) is 13.1. The average molecular weight is 352 g/mol. The van der Waals surface area contributed by atoms with Crippen molar-refractivity contribution in [3.8, 4) is 11.8 Å². The predicted octanol–water partition coefficient (Wildman–Crippen LogP) is 3.40. The van der Waals surface area contributed by atoms with Crippen molar-refractivity contribution < 1.29 is 18.7 Å². The maximum Gasteiger partial charge on any atom is 0.330 e. The number of halogens is 1. The van der Waals surface area contributed by atoms with Gasteiger partial charge in [-0.05, 0) is 42.7 Å². The van der Waals surface area contributed by atoms with E-state index in [1.807, 2.05) is 0 Å². The Labute approximate surface area is 150 Å². The highest BCUT2D eigenvalue weighted by Crippen LogP contribution is 2.25. The summed E-state index contributed by atoms with van der Waals surface area (Å²) in [5.74, 6) is -0.329. The molecule has 2 aromatic carbocycles. The van der Waals surface area contributed by atoms with Crippen molar-refractivity contribution in [3.05, 3.63) is 65.0 Å². The molecule has 0 saturated heterocycles. The zero-order valence-corrected chi connectivity index (χ0v) is 14.2. The summed E-state index contributed by atoms with van der Waals surface area (Å²) < 4.78 is 24.0. The van der Waals surface area contributed by atoms with Crippen LogP contribution in [0.25, 0.3) is 0 Å². The zero-order chi connectivity index (χ0) is 18.5. The Morgan fingerprint density at radius 3 is 2.88 bits per heavy atom. The van der Waals surface area contributed by atoms with Gasteiger partial charge in [-0.15, -0.1) is 0 Å². The van der Waals surface area contributed by atoms with Crippen LogP contribution in [-0.2, 0) is 16.1 Å². The molecule has 1 aliphatic rings. The molecule has 1 atom stereocenters. The van der Waals surface area contributed by atoms with Crippen LogP contribution in [0.2, 0.25) is 0 Å². The smallest absolute Gasteiger partial charge is 0.330 e. The third-order valence-electron chi connectivity index (χ3n) is 4.21. The van der Waals surface area contributed by atoms with Crippen LogP contribution >= 0.6 is 0 Å². The van der Waals surface area contributed by atoms with Crippen LogP contribution in [0.15, 0.2) is 47.5 Å². The number of carbonyl (C=O) groups excluding carboxylic acids is 1. The number of nitrogens with zero attached hydrogens (tertiary/aromatic N) is 2. The third-order valence-corrected chi connectivity index (χ3v) is 4.21. The van der Waals surface area contributed by atoms with Gasteiger partial charge in [0.15, 0.2) is 0 Å². The Kier molecular flexibility index (Phi) is 5.28. The second-order valence-electron chi connectivity index (χ2n) is 5.86. The van der Waals surface area contributed by atoms with E-state index < -0.39 is 6.04 Å². The van der Waals surface area contributed by atoms with Crippen molar-refractivity contribution in [2.24, 2.45) is 4.99 Å². The van der Waals surface area contributed by atoms with E-state index in [0.29, 0.717) is 29.7 Å². The molecular weight excluding hydrogens is 335 g/mol. The zero-order valence-electron chi connectivity index (χ0n) is 14.2. The molecule has 0 unspecified atom stereocenters. The first-order valence-corrected chi connectivity index (χ1v) is 8.17. The van der Waals surface area contributed by atoms with Gasteiger partial charge in [-0.25, -0.2) is 9.18 Å². The normalized spacial score (nSPS) is 15.9. The van der Waals surface area contributed by atoms with Crippen molar-refractivity contribution in [2.45, 2.75) is 25.5 Å². The molecule has 0 bridgehead atoms. The summed E-state index contributed by atoms with van der Waals surface area (Å²) in [5, 5.41) is 9.40. The molecule has 2 aromatic rings. The topological polar surface area (TPSA) is 71.7 Å². The molecule has 0 spiro atoms. The largest absolute Gasteiger partial charge is 0.487 e. The highest BCUT2D eigenvalue weighted by atomic mass is 19.1. The number of ether oxygens (including phenoxy) is 2. The van der Waals surface area contributed by atoms with Crippen LogP contribution in [0.5, 0.6) is 5.75 Å². The molecule has 5 nitrogen and oxygen atoms in total. The van der Waals surface area contributed by atoms with Gasteiger partial charge in [0, 0.05) is 11.3 Å². The minimum absolute atomic E-state index is 0.0338. The molecule has 0 aliphatic carbocycles. The Morgan fingerprint density at radius 2 is 2.15 bits per heavy atom. The van der Waals surface area contributed by atoms with Gasteiger partial charge in [-0.3, -0.25) is 4.99 Å². The van der Waals surface area contributed by atoms with Crippen molar-refractivity contribution in [3.63, 3.8) is 0 Å². The molecule has 0 amide bonds. The van der Waals surface area contributed by atoms with E-state index in [9.17, 15) is 14.4 Å². The van der Waals surface area contributed by atoms with E-state index in [2.05, 4.69) is 11.1 Å². The maximum absolute atomic E-state index is 13.7. The molecule has 1 heterocycles. The van der Waals surface area contributed by atoms with Gasteiger partial charge in [-0.2, -0.15) is 5.26 Å². The number of rotatable bonds is 5. The minimum Gasteiger partial charge on any atom is -0.487 e. The standard InChI is InChI=1S/C20H17FN2O3/c1-25-20(24)18-8-7-17(23-18)13-6-9-19(15(10-13)11-22)26-12-14-4-2-3-5-16(14)21/h2-6,9-10,18H,7-8,12H2,1H3/t18-/m0/s1. The Morgan fingerprint density at radius 1 is 1.35 bits per heavy atom. The first-order valence-electron chi connectivity index (χ1n) is 8.17. The fourth-order valence-electron chi connectivity index (χ4n) is 2.81. The van der Waals surface area contributed by atoms with Gasteiger partial charge >= 0.3 is 5.97 Å². The van der Waals surface area contributed by atoms with Crippen LogP contribution in [0.3, 0.4) is 0 Å². The number of carbonyl (C=O) groups is 1. The van der Waals surface area contributed by atoms with Crippen LogP contribution < -0.4 is 4.74 Å². The highest BCUT2D eigenvalue weighted by molar-refractivity contribution is 6.04. The van der Waals surface area contributed by atoms with E-state index in [1.165, 1.54) is 13.2 Å². The van der Waals surface area contributed by atoms with Gasteiger partial charge in [-0.1, -0.05) is 18.2 Å². The fraction of sp³-hybridized carbons (Fsp3) is 0.250. The minimum atomic E-state index is -0.488. The van der Waals surface area contributed by atoms with E-state index >= 15 is 0 Å². The molecule has 6 heteroatoms. The quantitative estimate of drug-likeness (QED) is 0.773. The number of benzene rings is 2. The molecular formula is C20H17FN2O3. The molecule has 1 aliphatic heterocycles. The molecule has 0 aromatic heterocycles. The lowest BCUT2D eigenvalue weighted by molar-refractivity contribution is -0.141. The fourth-order valence-corrected chi connectivity index (χ4v) is 2.81. The molecule has 0 radical (unpaired) electrons. The Hall–Kier alpha value is -3.20. The van der Waals surface area contributed by atoms with Gasteiger partial charge in [0.05, 0.1) is 12.7 Å². The SMILES string of the molecule is COC(=O)[C@@H]1CCC(c2ccc(OCc3ccccc3F)c(C#N)c2)=N1. The lowest BCUT2D eigenvalue weighted by Gasteiger charge is -2.10. The highest BCUT2D eigenvalue weighted by Gasteiger charge is 2.25. The lowest BCUT2D eigenvalue weighted by atomic mass is 10.0. The molecule has 0 fully saturated rings. The van der Waals surface area contributed by atoms with Crippen molar-refractivity contribution in [2.75, 3.05) is 7.11 Å². The first kappa shape index (κ1) is 17.6. The van der Waals surface area contributed by atoms with Gasteiger partial charge in [0.2, 0.25) is 0 Å². The summed E-state index contributed by atoms with van der Waals surface area (Å²) in [7, 11) is 1.34. The Bertz CT molecular complexity index is 902. The van der Waals surface area contributed by atoms with E-state index in [0.717, 1.165) is 11.3 Å². The predicted molar refractivity (Wildman–Crippen MR) is 93.5 cm³/mol. The number of aliphatic imine (C=N–C) groups is 1. The summed E-state index contributed by atoms with van der Waals surface area (Å²) >= 11 is 0. The number of hydrogen-bond acceptors (Lipinski definition) is 5. The van der Waals surface area contributed by atoms with Crippen LogP contribution in [-0.4, -0.2) is 24.8 Å². The van der Waals surface area contributed by atoms with Crippen molar-refractivity contribution in [1.29, 1.82) is 5.26 Å². The van der Waals surface area contributed by atoms with Crippen LogP contribution in [0, 0.1) is 17.1 Å². The summed E-state index contributed by atoms with van der Waals surface area (Å²) in [6.07, 6.45) is 1.23. The number of nitriles is 1. The molecule has 0 N–H and O–H groups in total. The third kappa shape index (κ3) is 3.72. The second-order valence-corrected chi connectivity index (χ2v) is 5.86. The van der Waals surface area contributed by atoms with Crippen LogP contribution in [0.4, 0.5) is 4.39 Å². The van der Waals surface area contributed by atoms with Crippen molar-refractivity contribution >= 4 is 11.7 Å². The Balaban J connectivity index is 1.77. The molecule has 132 valence electrons.